The highest BCUT2D eigenvalue weighted by Crippen LogP contribution is 2.31. The second-order valence-electron chi connectivity index (χ2n) is 8.44. The van der Waals surface area contributed by atoms with E-state index in [4.69, 9.17) is 4.18 Å². The lowest BCUT2D eigenvalue weighted by atomic mass is 9.94. The summed E-state index contributed by atoms with van der Waals surface area (Å²) < 4.78 is 31.6. The SMILES string of the molecule is CCNCCNc1ccc(S(=O)(=O)Oc2ccc3nc(NC(=O)CC4CCNCC4)sc3c2)cc1. The fourth-order valence-corrected chi connectivity index (χ4v) is 5.75. The number of anilines is 2. The van der Waals surface area contributed by atoms with Crippen molar-refractivity contribution in [1.29, 1.82) is 0 Å². The predicted octanol–water partition coefficient (Wildman–Crippen LogP) is 3.41. The third-order valence-corrected chi connectivity index (χ3v) is 7.96. The minimum absolute atomic E-state index is 0.0467. The Bertz CT molecular complexity index is 1240. The van der Waals surface area contributed by atoms with Gasteiger partial charge in [0.25, 0.3) is 0 Å². The number of aromatic nitrogens is 1. The van der Waals surface area contributed by atoms with E-state index in [0.717, 1.165) is 56.0 Å². The van der Waals surface area contributed by atoms with Crippen molar-refractivity contribution in [3.05, 3.63) is 42.5 Å². The van der Waals surface area contributed by atoms with Crippen LogP contribution < -0.4 is 25.5 Å². The maximum absolute atomic E-state index is 12.8. The van der Waals surface area contributed by atoms with E-state index in [1.165, 1.54) is 23.5 Å². The molecule has 0 aliphatic carbocycles. The van der Waals surface area contributed by atoms with Crippen molar-refractivity contribution in [3.8, 4) is 5.75 Å². The largest absolute Gasteiger partial charge is 0.384 e. The highest BCUT2D eigenvalue weighted by Gasteiger charge is 2.19. The van der Waals surface area contributed by atoms with Crippen LogP contribution in [0.4, 0.5) is 10.8 Å². The van der Waals surface area contributed by atoms with Gasteiger partial charge in [0.05, 0.1) is 10.2 Å². The lowest BCUT2D eigenvalue weighted by molar-refractivity contribution is -0.117. The van der Waals surface area contributed by atoms with Gasteiger partial charge in [0.1, 0.15) is 10.6 Å². The molecule has 4 N–H and O–H groups in total. The molecule has 9 nitrogen and oxygen atoms in total. The van der Waals surface area contributed by atoms with Crippen LogP contribution in [0, 0.1) is 5.92 Å². The summed E-state index contributed by atoms with van der Waals surface area (Å²) in [4.78, 5) is 16.9. The fraction of sp³-hybridized carbons (Fsp3) is 0.417. The van der Waals surface area contributed by atoms with E-state index >= 15 is 0 Å². The van der Waals surface area contributed by atoms with Gasteiger partial charge in [-0.3, -0.25) is 4.79 Å². The fourth-order valence-electron chi connectivity index (χ4n) is 3.91. The van der Waals surface area contributed by atoms with Crippen molar-refractivity contribution in [2.45, 2.75) is 31.1 Å². The molecular formula is C24H31N5O4S2. The smallest absolute Gasteiger partial charge is 0.339 e. The quantitative estimate of drug-likeness (QED) is 0.226. The van der Waals surface area contributed by atoms with Crippen LogP contribution in [0.2, 0.25) is 0 Å². The van der Waals surface area contributed by atoms with Crippen LogP contribution in [0.5, 0.6) is 5.75 Å². The Labute approximate surface area is 209 Å². The molecule has 0 atom stereocenters. The Balaban J connectivity index is 1.37. The average molecular weight is 518 g/mol. The third kappa shape index (κ3) is 7.14. The number of rotatable bonds is 11. The number of fused-ring (bicyclic) bond motifs is 1. The zero-order valence-electron chi connectivity index (χ0n) is 19.7. The van der Waals surface area contributed by atoms with Gasteiger partial charge in [-0.25, -0.2) is 4.98 Å². The first-order valence-electron chi connectivity index (χ1n) is 11.8. The maximum Gasteiger partial charge on any atom is 0.339 e. The lowest BCUT2D eigenvalue weighted by Crippen LogP contribution is -2.30. The molecule has 2 heterocycles. The highest BCUT2D eigenvalue weighted by molar-refractivity contribution is 7.87. The van der Waals surface area contributed by atoms with Crippen LogP contribution >= 0.6 is 11.3 Å². The number of carbonyl (C=O) groups excluding carboxylic acids is 1. The van der Waals surface area contributed by atoms with Crippen LogP contribution in [0.3, 0.4) is 0 Å². The number of likely N-dealkylation sites (N-methyl/N-ethyl adjacent to an activating group) is 1. The van der Waals surface area contributed by atoms with Crippen molar-refractivity contribution in [3.63, 3.8) is 0 Å². The van der Waals surface area contributed by atoms with Gasteiger partial charge in [-0.2, -0.15) is 8.42 Å². The zero-order valence-corrected chi connectivity index (χ0v) is 21.3. The summed E-state index contributed by atoms with van der Waals surface area (Å²) in [5, 5.41) is 13.1. The van der Waals surface area contributed by atoms with Crippen LogP contribution in [0.15, 0.2) is 47.4 Å². The molecular weight excluding hydrogens is 486 g/mol. The third-order valence-electron chi connectivity index (χ3n) is 5.77. The number of amides is 1. The summed E-state index contributed by atoms with van der Waals surface area (Å²) in [6, 6.07) is 11.4. The van der Waals surface area contributed by atoms with Gasteiger partial charge in [-0.1, -0.05) is 18.3 Å². The first-order valence-corrected chi connectivity index (χ1v) is 14.1. The summed E-state index contributed by atoms with van der Waals surface area (Å²) in [5.74, 6) is 0.537. The molecule has 1 aliphatic heterocycles. The monoisotopic (exact) mass is 517 g/mol. The van der Waals surface area contributed by atoms with Crippen molar-refractivity contribution < 1.29 is 17.4 Å². The molecule has 0 saturated carbocycles. The maximum atomic E-state index is 12.8. The summed E-state index contributed by atoms with van der Waals surface area (Å²) in [6.07, 6.45) is 2.48. The van der Waals surface area contributed by atoms with Crippen LogP contribution in [0.25, 0.3) is 10.2 Å². The van der Waals surface area contributed by atoms with Gasteiger partial charge in [0, 0.05) is 31.3 Å². The Morgan fingerprint density at radius 2 is 1.91 bits per heavy atom. The van der Waals surface area contributed by atoms with Gasteiger partial charge in [-0.05, 0) is 74.8 Å². The Kier molecular flexibility index (Phi) is 8.55. The normalized spacial score (nSPS) is 14.7. The van der Waals surface area contributed by atoms with E-state index in [-0.39, 0.29) is 16.6 Å². The van der Waals surface area contributed by atoms with Crippen molar-refractivity contribution in [2.75, 3.05) is 43.4 Å². The van der Waals surface area contributed by atoms with Crippen molar-refractivity contribution >= 4 is 48.4 Å². The highest BCUT2D eigenvalue weighted by atomic mass is 32.2. The zero-order chi connectivity index (χ0) is 24.7. The molecule has 1 aliphatic rings. The number of nitrogens with zero attached hydrogens (tertiary/aromatic N) is 1. The van der Waals surface area contributed by atoms with Crippen LogP contribution in [0.1, 0.15) is 26.2 Å². The van der Waals surface area contributed by atoms with Crippen molar-refractivity contribution in [1.82, 2.24) is 15.6 Å². The van der Waals surface area contributed by atoms with E-state index in [0.29, 0.717) is 23.0 Å². The first kappa shape index (κ1) is 25.4. The summed E-state index contributed by atoms with van der Waals surface area (Å²) in [5.41, 5.74) is 1.51. The van der Waals surface area contributed by atoms with Crippen LogP contribution in [-0.4, -0.2) is 52.0 Å². The van der Waals surface area contributed by atoms with E-state index < -0.39 is 10.1 Å². The number of hydrogen-bond donors (Lipinski definition) is 4. The molecule has 1 saturated heterocycles. The summed E-state index contributed by atoms with van der Waals surface area (Å²) >= 11 is 1.29. The summed E-state index contributed by atoms with van der Waals surface area (Å²) in [7, 11) is -3.99. The minimum atomic E-state index is -3.99. The van der Waals surface area contributed by atoms with Gasteiger partial charge in [-0.15, -0.1) is 0 Å². The number of hydrogen-bond acceptors (Lipinski definition) is 9. The van der Waals surface area contributed by atoms with Gasteiger partial charge < -0.3 is 25.5 Å². The number of piperidine rings is 1. The molecule has 3 aromatic rings. The van der Waals surface area contributed by atoms with E-state index in [1.807, 2.05) is 6.92 Å². The molecule has 0 bridgehead atoms. The topological polar surface area (TPSA) is 121 Å². The molecule has 0 unspecified atom stereocenters. The molecule has 0 spiro atoms. The standard InChI is InChI=1S/C24H31N5O4S2/c1-2-25-13-14-27-18-3-6-20(7-4-18)35(31,32)33-19-5-8-21-22(16-19)34-24(28-21)29-23(30)15-17-9-11-26-12-10-17/h3-8,16-17,25-27H,2,9-15H2,1H3,(H,28,29,30). The molecule has 11 heteroatoms. The predicted molar refractivity (Wildman–Crippen MR) is 140 cm³/mol. The molecule has 2 aromatic carbocycles. The number of benzene rings is 2. The van der Waals surface area contributed by atoms with Gasteiger partial charge in [0.15, 0.2) is 5.13 Å². The Hall–Kier alpha value is -2.73. The molecule has 35 heavy (non-hydrogen) atoms. The van der Waals surface area contributed by atoms with E-state index in [2.05, 4.69) is 26.3 Å². The molecule has 188 valence electrons. The molecule has 1 fully saturated rings. The lowest BCUT2D eigenvalue weighted by Gasteiger charge is -2.21. The number of nitrogens with one attached hydrogen (secondary N) is 4. The van der Waals surface area contributed by atoms with Crippen LogP contribution in [-0.2, 0) is 14.9 Å². The molecule has 0 radical (unpaired) electrons. The molecule has 1 aromatic heterocycles. The summed E-state index contributed by atoms with van der Waals surface area (Å²) in [6.45, 7) is 6.40. The minimum Gasteiger partial charge on any atom is -0.384 e. The molecule has 1 amide bonds. The second kappa shape index (κ2) is 11.8. The van der Waals surface area contributed by atoms with Gasteiger partial charge >= 0.3 is 10.1 Å². The Morgan fingerprint density at radius 1 is 1.14 bits per heavy atom. The van der Waals surface area contributed by atoms with E-state index in [1.54, 1.807) is 30.3 Å². The van der Waals surface area contributed by atoms with E-state index in [9.17, 15) is 13.2 Å². The first-order chi connectivity index (χ1) is 16.9. The second-order valence-corrected chi connectivity index (χ2v) is 11.0. The van der Waals surface area contributed by atoms with Crippen molar-refractivity contribution in [2.24, 2.45) is 5.92 Å². The Morgan fingerprint density at radius 3 is 2.66 bits per heavy atom. The number of thiazole rings is 1. The number of carbonyl (C=O) groups is 1. The van der Waals surface area contributed by atoms with Gasteiger partial charge in [0.2, 0.25) is 5.91 Å². The molecule has 4 rings (SSSR count). The average Bonchev–Trinajstić information content (AvgIpc) is 3.24.